The SMILES string of the molecule is COC1=CC(c2ccc[nH]2)=NC1=Cc1cc2ccccc2[nH]1. The van der Waals surface area contributed by atoms with Gasteiger partial charge in [-0.1, -0.05) is 18.2 Å². The Morgan fingerprint density at radius 1 is 1.14 bits per heavy atom. The van der Waals surface area contributed by atoms with Crippen LogP contribution in [0.4, 0.5) is 0 Å². The zero-order valence-corrected chi connectivity index (χ0v) is 12.1. The van der Waals surface area contributed by atoms with E-state index in [2.05, 4.69) is 33.2 Å². The highest BCUT2D eigenvalue weighted by atomic mass is 16.5. The van der Waals surface area contributed by atoms with Crippen molar-refractivity contribution in [2.45, 2.75) is 0 Å². The first-order chi connectivity index (χ1) is 10.8. The molecule has 3 heterocycles. The van der Waals surface area contributed by atoms with Crippen LogP contribution in [-0.2, 0) is 4.74 Å². The fraction of sp³-hybridized carbons (Fsp3) is 0.0556. The van der Waals surface area contributed by atoms with Crippen LogP contribution < -0.4 is 0 Å². The van der Waals surface area contributed by atoms with Gasteiger partial charge in [0.25, 0.3) is 0 Å². The second-order valence-electron chi connectivity index (χ2n) is 5.14. The van der Waals surface area contributed by atoms with Crippen LogP contribution in [0.15, 0.2) is 71.2 Å². The number of aliphatic imine (C=N–C) groups is 1. The molecule has 22 heavy (non-hydrogen) atoms. The number of methoxy groups -OCH3 is 1. The van der Waals surface area contributed by atoms with E-state index in [4.69, 9.17) is 4.74 Å². The van der Waals surface area contributed by atoms with Gasteiger partial charge in [0.1, 0.15) is 11.5 Å². The zero-order valence-electron chi connectivity index (χ0n) is 12.1. The average molecular weight is 289 g/mol. The van der Waals surface area contributed by atoms with Crippen LogP contribution in [0.1, 0.15) is 11.4 Å². The van der Waals surface area contributed by atoms with E-state index in [1.807, 2.05) is 42.6 Å². The molecule has 1 aromatic carbocycles. The van der Waals surface area contributed by atoms with Crippen molar-refractivity contribution in [1.29, 1.82) is 0 Å². The predicted molar refractivity (Wildman–Crippen MR) is 88.7 cm³/mol. The Labute approximate surface area is 127 Å². The van der Waals surface area contributed by atoms with Crippen LogP contribution in [0, 0.1) is 0 Å². The number of rotatable bonds is 3. The number of benzene rings is 1. The Balaban J connectivity index is 1.75. The number of aromatic amines is 2. The number of para-hydroxylation sites is 1. The summed E-state index contributed by atoms with van der Waals surface area (Å²) in [7, 11) is 1.66. The number of H-pyrrole nitrogens is 2. The number of nitrogens with one attached hydrogen (secondary N) is 2. The summed E-state index contributed by atoms with van der Waals surface area (Å²) >= 11 is 0. The lowest BCUT2D eigenvalue weighted by atomic mass is 10.2. The molecule has 1 aliphatic heterocycles. The van der Waals surface area contributed by atoms with E-state index in [1.165, 1.54) is 5.39 Å². The van der Waals surface area contributed by atoms with E-state index in [-0.39, 0.29) is 0 Å². The van der Waals surface area contributed by atoms with Crippen molar-refractivity contribution in [1.82, 2.24) is 9.97 Å². The van der Waals surface area contributed by atoms with Crippen molar-refractivity contribution in [2.75, 3.05) is 7.11 Å². The van der Waals surface area contributed by atoms with Gasteiger partial charge in [-0.2, -0.15) is 0 Å². The minimum absolute atomic E-state index is 0.767. The molecule has 108 valence electrons. The number of ether oxygens (including phenoxy) is 1. The second kappa shape index (κ2) is 5.07. The Hall–Kier alpha value is -3.01. The summed E-state index contributed by atoms with van der Waals surface area (Å²) in [4.78, 5) is 11.2. The maximum Gasteiger partial charge on any atom is 0.146 e. The molecule has 4 heteroatoms. The van der Waals surface area contributed by atoms with Crippen molar-refractivity contribution in [2.24, 2.45) is 4.99 Å². The molecule has 0 fully saturated rings. The van der Waals surface area contributed by atoms with Crippen LogP contribution in [-0.4, -0.2) is 22.8 Å². The van der Waals surface area contributed by atoms with E-state index in [0.717, 1.165) is 34.1 Å². The molecule has 0 saturated carbocycles. The van der Waals surface area contributed by atoms with Crippen LogP contribution in [0.3, 0.4) is 0 Å². The first-order valence-corrected chi connectivity index (χ1v) is 7.11. The third kappa shape index (κ3) is 2.15. The minimum atomic E-state index is 0.767. The van der Waals surface area contributed by atoms with Gasteiger partial charge in [0.05, 0.1) is 18.5 Å². The van der Waals surface area contributed by atoms with Gasteiger partial charge in [-0.3, -0.25) is 0 Å². The molecular formula is C18H15N3O. The van der Waals surface area contributed by atoms with Crippen molar-refractivity contribution in [3.05, 3.63) is 77.6 Å². The fourth-order valence-electron chi connectivity index (χ4n) is 2.63. The number of nitrogens with zero attached hydrogens (tertiary/aromatic N) is 1. The molecule has 4 nitrogen and oxygen atoms in total. The van der Waals surface area contributed by atoms with Crippen molar-refractivity contribution >= 4 is 22.7 Å². The molecule has 0 aliphatic carbocycles. The quantitative estimate of drug-likeness (QED) is 0.755. The fourth-order valence-corrected chi connectivity index (χ4v) is 2.63. The zero-order chi connectivity index (χ0) is 14.9. The lowest BCUT2D eigenvalue weighted by molar-refractivity contribution is 0.303. The number of hydrogen-bond donors (Lipinski definition) is 2. The molecule has 1 aliphatic rings. The van der Waals surface area contributed by atoms with Gasteiger partial charge in [0.2, 0.25) is 0 Å². The number of hydrogen-bond acceptors (Lipinski definition) is 2. The molecule has 0 atom stereocenters. The molecule has 2 aromatic heterocycles. The van der Waals surface area contributed by atoms with Crippen molar-refractivity contribution < 1.29 is 4.74 Å². The summed E-state index contributed by atoms with van der Waals surface area (Å²) in [6.07, 6.45) is 5.84. The Morgan fingerprint density at radius 3 is 2.82 bits per heavy atom. The summed E-state index contributed by atoms with van der Waals surface area (Å²) in [6, 6.07) is 14.3. The second-order valence-corrected chi connectivity index (χ2v) is 5.14. The molecule has 0 bridgehead atoms. The highest BCUT2D eigenvalue weighted by Gasteiger charge is 2.17. The number of fused-ring (bicyclic) bond motifs is 1. The number of aromatic nitrogens is 2. The monoisotopic (exact) mass is 289 g/mol. The van der Waals surface area contributed by atoms with E-state index >= 15 is 0 Å². The van der Waals surface area contributed by atoms with Gasteiger partial charge in [-0.25, -0.2) is 4.99 Å². The first-order valence-electron chi connectivity index (χ1n) is 7.11. The van der Waals surface area contributed by atoms with Gasteiger partial charge < -0.3 is 14.7 Å². The van der Waals surface area contributed by atoms with Crippen LogP contribution in [0.2, 0.25) is 0 Å². The Bertz CT molecular complexity index is 878. The summed E-state index contributed by atoms with van der Waals surface area (Å²) in [5.74, 6) is 0.767. The molecule has 0 unspecified atom stereocenters. The maximum absolute atomic E-state index is 5.45. The summed E-state index contributed by atoms with van der Waals surface area (Å²) in [5.41, 5.74) is 4.80. The van der Waals surface area contributed by atoms with E-state index < -0.39 is 0 Å². The van der Waals surface area contributed by atoms with Gasteiger partial charge >= 0.3 is 0 Å². The third-order valence-electron chi connectivity index (χ3n) is 3.70. The molecule has 0 amide bonds. The summed E-state index contributed by atoms with van der Waals surface area (Å²) in [6.45, 7) is 0. The normalized spacial score (nSPS) is 16.1. The molecule has 0 spiro atoms. The first kappa shape index (κ1) is 12.7. The topological polar surface area (TPSA) is 53.2 Å². The van der Waals surface area contributed by atoms with E-state index in [9.17, 15) is 0 Å². The van der Waals surface area contributed by atoms with Crippen LogP contribution in [0.5, 0.6) is 0 Å². The van der Waals surface area contributed by atoms with Crippen molar-refractivity contribution in [3.8, 4) is 0 Å². The Kier molecular flexibility index (Phi) is 2.93. The van der Waals surface area contributed by atoms with Gasteiger partial charge in [0.15, 0.2) is 0 Å². The molecule has 0 saturated heterocycles. The van der Waals surface area contributed by atoms with Gasteiger partial charge in [-0.15, -0.1) is 0 Å². The third-order valence-corrected chi connectivity index (χ3v) is 3.70. The molecule has 0 radical (unpaired) electrons. The Morgan fingerprint density at radius 2 is 2.05 bits per heavy atom. The number of allylic oxidation sites excluding steroid dienone is 1. The molecule has 2 N–H and O–H groups in total. The maximum atomic E-state index is 5.45. The van der Waals surface area contributed by atoms with E-state index in [0.29, 0.717) is 0 Å². The molecular weight excluding hydrogens is 274 g/mol. The highest BCUT2D eigenvalue weighted by Crippen LogP contribution is 2.25. The van der Waals surface area contributed by atoms with Gasteiger partial charge in [-0.05, 0) is 35.7 Å². The minimum Gasteiger partial charge on any atom is -0.494 e. The standard InChI is InChI=1S/C18H15N3O/c1-22-18-11-16(15-7-4-8-19-15)21-17(18)10-13-9-12-5-2-3-6-14(12)20-13/h2-11,19-20H,1H3. The highest BCUT2D eigenvalue weighted by molar-refractivity contribution is 6.11. The largest absolute Gasteiger partial charge is 0.494 e. The average Bonchev–Trinajstić information content (AvgIpc) is 3.26. The smallest absolute Gasteiger partial charge is 0.146 e. The lowest BCUT2D eigenvalue weighted by Gasteiger charge is -2.00. The van der Waals surface area contributed by atoms with Crippen molar-refractivity contribution in [3.63, 3.8) is 0 Å². The molecule has 3 aromatic rings. The predicted octanol–water partition coefficient (Wildman–Crippen LogP) is 3.87. The van der Waals surface area contributed by atoms with Crippen LogP contribution >= 0.6 is 0 Å². The van der Waals surface area contributed by atoms with Gasteiger partial charge in [0, 0.05) is 23.5 Å². The lowest BCUT2D eigenvalue weighted by Crippen LogP contribution is -1.93. The van der Waals surface area contributed by atoms with E-state index in [1.54, 1.807) is 7.11 Å². The summed E-state index contributed by atoms with van der Waals surface area (Å²) < 4.78 is 5.45. The summed E-state index contributed by atoms with van der Waals surface area (Å²) in [5, 5.41) is 1.18. The molecule has 4 rings (SSSR count). The van der Waals surface area contributed by atoms with Crippen LogP contribution in [0.25, 0.3) is 17.0 Å².